The first kappa shape index (κ1) is 10.3. The van der Waals surface area contributed by atoms with Crippen molar-refractivity contribution in [2.24, 2.45) is 0 Å². The van der Waals surface area contributed by atoms with Gasteiger partial charge in [-0.05, 0) is 17.9 Å². The normalized spacial score (nSPS) is 10.8. The van der Waals surface area contributed by atoms with E-state index in [1.807, 2.05) is 0 Å². The third-order valence-electron chi connectivity index (χ3n) is 2.15. The lowest BCUT2D eigenvalue weighted by Crippen LogP contribution is -2.09. The average Bonchev–Trinajstić information content (AvgIpc) is 2.62. The molecule has 5 heteroatoms. The summed E-state index contributed by atoms with van der Waals surface area (Å²) in [5.41, 5.74) is 1.22. The minimum absolute atomic E-state index is 0.675. The topological polar surface area (TPSA) is 47.0 Å². The maximum atomic E-state index is 4.98. The summed E-state index contributed by atoms with van der Waals surface area (Å²) in [6.45, 7) is 3.51. The number of rotatable bonds is 4. The second-order valence-corrected chi connectivity index (χ2v) is 4.10. The minimum Gasteiger partial charge on any atom is -0.383 e. The van der Waals surface area contributed by atoms with Crippen LogP contribution in [0.15, 0.2) is 11.7 Å². The van der Waals surface area contributed by atoms with Crippen LogP contribution in [-0.2, 0) is 4.74 Å². The van der Waals surface area contributed by atoms with Crippen LogP contribution in [0.2, 0.25) is 0 Å². The predicted octanol–water partition coefficient (Wildman–Crippen LogP) is 2.06. The number of thiophene rings is 1. The van der Waals surface area contributed by atoms with Crippen molar-refractivity contribution in [1.82, 2.24) is 9.97 Å². The van der Waals surface area contributed by atoms with E-state index in [9.17, 15) is 0 Å². The van der Waals surface area contributed by atoms with Gasteiger partial charge >= 0.3 is 0 Å². The van der Waals surface area contributed by atoms with E-state index < -0.39 is 0 Å². The lowest BCUT2D eigenvalue weighted by molar-refractivity contribution is 0.210. The van der Waals surface area contributed by atoms with Crippen LogP contribution in [0.5, 0.6) is 0 Å². The van der Waals surface area contributed by atoms with E-state index in [2.05, 4.69) is 27.6 Å². The Morgan fingerprint density at radius 1 is 1.47 bits per heavy atom. The van der Waals surface area contributed by atoms with Gasteiger partial charge in [-0.1, -0.05) is 0 Å². The quantitative estimate of drug-likeness (QED) is 0.806. The SMILES string of the molecule is COCCNc1ncnc2scc(C)c12. The van der Waals surface area contributed by atoms with Crippen LogP contribution in [0.25, 0.3) is 10.2 Å². The molecule has 0 aliphatic carbocycles. The third-order valence-corrected chi connectivity index (χ3v) is 3.16. The van der Waals surface area contributed by atoms with Crippen LogP contribution in [0, 0.1) is 6.92 Å². The average molecular weight is 223 g/mol. The van der Waals surface area contributed by atoms with Crippen LogP contribution < -0.4 is 5.32 Å². The van der Waals surface area contributed by atoms with Crippen molar-refractivity contribution >= 4 is 27.4 Å². The zero-order chi connectivity index (χ0) is 10.7. The molecule has 0 bridgehead atoms. The predicted molar refractivity (Wildman–Crippen MR) is 62.5 cm³/mol. The Hall–Kier alpha value is -1.20. The van der Waals surface area contributed by atoms with Gasteiger partial charge in [-0.15, -0.1) is 11.3 Å². The van der Waals surface area contributed by atoms with Gasteiger partial charge in [0.05, 0.1) is 12.0 Å². The van der Waals surface area contributed by atoms with Gasteiger partial charge < -0.3 is 10.1 Å². The Morgan fingerprint density at radius 2 is 2.33 bits per heavy atom. The van der Waals surface area contributed by atoms with E-state index >= 15 is 0 Å². The highest BCUT2D eigenvalue weighted by molar-refractivity contribution is 7.17. The summed E-state index contributed by atoms with van der Waals surface area (Å²) in [5, 5.41) is 6.47. The molecule has 0 saturated carbocycles. The molecule has 0 unspecified atom stereocenters. The Kier molecular flexibility index (Phi) is 3.13. The molecule has 2 aromatic heterocycles. The molecular weight excluding hydrogens is 210 g/mol. The summed E-state index contributed by atoms with van der Waals surface area (Å²) in [6, 6.07) is 0. The zero-order valence-electron chi connectivity index (χ0n) is 8.78. The van der Waals surface area contributed by atoms with Gasteiger partial charge in [-0.2, -0.15) is 0 Å². The first-order chi connectivity index (χ1) is 7.33. The van der Waals surface area contributed by atoms with Gasteiger partial charge in [0.2, 0.25) is 0 Å². The Bertz CT molecular complexity index is 455. The number of hydrogen-bond acceptors (Lipinski definition) is 5. The van der Waals surface area contributed by atoms with Crippen molar-refractivity contribution in [2.45, 2.75) is 6.92 Å². The molecule has 0 amide bonds. The molecule has 0 aromatic carbocycles. The van der Waals surface area contributed by atoms with E-state index in [4.69, 9.17) is 4.74 Å². The van der Waals surface area contributed by atoms with E-state index in [0.29, 0.717) is 6.61 Å². The van der Waals surface area contributed by atoms with Crippen molar-refractivity contribution in [1.29, 1.82) is 0 Å². The summed E-state index contributed by atoms with van der Waals surface area (Å²) >= 11 is 1.64. The van der Waals surface area contributed by atoms with Crippen LogP contribution in [0.3, 0.4) is 0 Å². The number of fused-ring (bicyclic) bond motifs is 1. The van der Waals surface area contributed by atoms with Crippen LogP contribution in [0.4, 0.5) is 5.82 Å². The van der Waals surface area contributed by atoms with E-state index in [1.165, 1.54) is 5.56 Å². The van der Waals surface area contributed by atoms with Crippen molar-refractivity contribution in [2.75, 3.05) is 25.6 Å². The molecule has 0 fully saturated rings. The number of nitrogens with one attached hydrogen (secondary N) is 1. The van der Waals surface area contributed by atoms with Gasteiger partial charge in [0.25, 0.3) is 0 Å². The smallest absolute Gasteiger partial charge is 0.138 e. The zero-order valence-corrected chi connectivity index (χ0v) is 9.60. The summed E-state index contributed by atoms with van der Waals surface area (Å²) in [5.74, 6) is 0.899. The second-order valence-electron chi connectivity index (χ2n) is 3.24. The fourth-order valence-electron chi connectivity index (χ4n) is 1.42. The molecule has 0 radical (unpaired) electrons. The van der Waals surface area contributed by atoms with Crippen molar-refractivity contribution in [3.05, 3.63) is 17.3 Å². The number of nitrogens with zero attached hydrogens (tertiary/aromatic N) is 2. The lowest BCUT2D eigenvalue weighted by Gasteiger charge is -2.05. The molecule has 2 heterocycles. The van der Waals surface area contributed by atoms with Crippen LogP contribution >= 0.6 is 11.3 Å². The molecule has 4 nitrogen and oxygen atoms in total. The van der Waals surface area contributed by atoms with Crippen molar-refractivity contribution in [3.63, 3.8) is 0 Å². The summed E-state index contributed by atoms with van der Waals surface area (Å²) in [6.07, 6.45) is 1.59. The first-order valence-electron chi connectivity index (χ1n) is 4.74. The molecule has 0 aliphatic heterocycles. The van der Waals surface area contributed by atoms with Crippen molar-refractivity contribution < 1.29 is 4.74 Å². The summed E-state index contributed by atoms with van der Waals surface area (Å²) < 4.78 is 4.98. The number of aryl methyl sites for hydroxylation is 1. The van der Waals surface area contributed by atoms with E-state index in [-0.39, 0.29) is 0 Å². The fraction of sp³-hybridized carbons (Fsp3) is 0.400. The molecule has 15 heavy (non-hydrogen) atoms. The molecule has 0 spiro atoms. The van der Waals surface area contributed by atoms with Crippen molar-refractivity contribution in [3.8, 4) is 0 Å². The summed E-state index contributed by atoms with van der Waals surface area (Å²) in [4.78, 5) is 9.50. The molecule has 0 saturated heterocycles. The van der Waals surface area contributed by atoms with Gasteiger partial charge in [-0.3, -0.25) is 0 Å². The molecule has 1 N–H and O–H groups in total. The highest BCUT2D eigenvalue weighted by Gasteiger charge is 2.07. The number of methoxy groups -OCH3 is 1. The monoisotopic (exact) mass is 223 g/mol. The van der Waals surface area contributed by atoms with Gasteiger partial charge in [0.1, 0.15) is 17.0 Å². The lowest BCUT2D eigenvalue weighted by atomic mass is 10.2. The van der Waals surface area contributed by atoms with Gasteiger partial charge in [0, 0.05) is 13.7 Å². The van der Waals surface area contributed by atoms with Gasteiger partial charge in [0.15, 0.2) is 0 Å². The van der Waals surface area contributed by atoms with E-state index in [0.717, 1.165) is 22.6 Å². The van der Waals surface area contributed by atoms with Crippen LogP contribution in [0.1, 0.15) is 5.56 Å². The largest absolute Gasteiger partial charge is 0.383 e. The molecule has 0 atom stereocenters. The number of ether oxygens (including phenoxy) is 1. The second kappa shape index (κ2) is 4.55. The highest BCUT2D eigenvalue weighted by Crippen LogP contribution is 2.27. The number of aromatic nitrogens is 2. The van der Waals surface area contributed by atoms with E-state index in [1.54, 1.807) is 24.8 Å². The molecule has 0 aliphatic rings. The minimum atomic E-state index is 0.675. The molecular formula is C10H13N3OS. The standard InChI is InChI=1S/C10H13N3OS/c1-7-5-15-10-8(7)9(12-6-13-10)11-3-4-14-2/h5-6H,3-4H2,1-2H3,(H,11,12,13). The third kappa shape index (κ3) is 2.08. The van der Waals surface area contributed by atoms with Gasteiger partial charge in [-0.25, -0.2) is 9.97 Å². The maximum absolute atomic E-state index is 4.98. The number of hydrogen-bond donors (Lipinski definition) is 1. The highest BCUT2D eigenvalue weighted by atomic mass is 32.1. The Morgan fingerprint density at radius 3 is 3.13 bits per heavy atom. The fourth-order valence-corrected chi connectivity index (χ4v) is 2.31. The molecule has 2 aromatic rings. The first-order valence-corrected chi connectivity index (χ1v) is 5.62. The molecule has 2 rings (SSSR count). The molecule has 80 valence electrons. The Balaban J connectivity index is 2.29. The van der Waals surface area contributed by atoms with Crippen LogP contribution in [-0.4, -0.2) is 30.2 Å². The number of anilines is 1. The maximum Gasteiger partial charge on any atom is 0.138 e. The summed E-state index contributed by atoms with van der Waals surface area (Å²) in [7, 11) is 1.69. The Labute approximate surface area is 92.3 Å².